The molecule has 0 bridgehead atoms. The summed E-state index contributed by atoms with van der Waals surface area (Å²) in [6.45, 7) is 3.33. The van der Waals surface area contributed by atoms with Crippen molar-refractivity contribution in [1.82, 2.24) is 9.62 Å². The maximum Gasteiger partial charge on any atom is 0.253 e. The van der Waals surface area contributed by atoms with E-state index >= 15 is 0 Å². The standard InChI is InChI=1S/C22H25ClN2O4S/c1-15-2-4-16(5-3-15)21(17-6-7-17)24-22(26)19-14-18(8-9-20(19)23)30(27,28)25-10-12-29-13-11-25/h2-5,8-9,14,17,21H,6-7,10-13H2,1H3,(H,24,26). The molecule has 2 aliphatic rings. The molecule has 1 saturated heterocycles. The van der Waals surface area contributed by atoms with Gasteiger partial charge in [0.15, 0.2) is 0 Å². The van der Waals surface area contributed by atoms with Crippen LogP contribution in [0.4, 0.5) is 0 Å². The van der Waals surface area contributed by atoms with Crippen LogP contribution in [0.25, 0.3) is 0 Å². The van der Waals surface area contributed by atoms with Gasteiger partial charge in [-0.1, -0.05) is 41.4 Å². The van der Waals surface area contributed by atoms with Gasteiger partial charge in [-0.2, -0.15) is 4.31 Å². The average molecular weight is 449 g/mol. The molecular formula is C22H25ClN2O4S. The molecule has 30 heavy (non-hydrogen) atoms. The van der Waals surface area contributed by atoms with Crippen LogP contribution in [0.5, 0.6) is 0 Å². The second-order valence-electron chi connectivity index (χ2n) is 7.86. The Morgan fingerprint density at radius 2 is 1.80 bits per heavy atom. The van der Waals surface area contributed by atoms with Crippen LogP contribution >= 0.6 is 11.6 Å². The maximum absolute atomic E-state index is 13.1. The number of sulfonamides is 1. The highest BCUT2D eigenvalue weighted by atomic mass is 35.5. The second-order valence-corrected chi connectivity index (χ2v) is 10.2. The minimum Gasteiger partial charge on any atom is -0.379 e. The molecule has 0 aromatic heterocycles. The molecule has 1 unspecified atom stereocenters. The van der Waals surface area contributed by atoms with Crippen molar-refractivity contribution in [3.63, 3.8) is 0 Å². The fraction of sp³-hybridized carbons (Fsp3) is 0.409. The second kappa shape index (κ2) is 8.67. The van der Waals surface area contributed by atoms with Crippen molar-refractivity contribution in [3.05, 3.63) is 64.2 Å². The minimum absolute atomic E-state index is 0.0669. The number of amides is 1. The lowest BCUT2D eigenvalue weighted by molar-refractivity contribution is 0.0730. The Morgan fingerprint density at radius 3 is 2.43 bits per heavy atom. The number of nitrogens with zero attached hydrogens (tertiary/aromatic N) is 1. The predicted octanol–water partition coefficient (Wildman–Crippen LogP) is 3.55. The van der Waals surface area contributed by atoms with E-state index in [0.29, 0.717) is 32.2 Å². The largest absolute Gasteiger partial charge is 0.379 e. The van der Waals surface area contributed by atoms with Crippen molar-refractivity contribution in [2.45, 2.75) is 30.7 Å². The normalized spacial score (nSPS) is 18.7. The first-order chi connectivity index (χ1) is 14.4. The number of rotatable bonds is 6. The Balaban J connectivity index is 1.59. The fourth-order valence-corrected chi connectivity index (χ4v) is 5.31. The molecule has 1 atom stereocenters. The van der Waals surface area contributed by atoms with E-state index in [-0.39, 0.29) is 27.4 Å². The van der Waals surface area contributed by atoms with Crippen LogP contribution in [-0.2, 0) is 14.8 Å². The first-order valence-electron chi connectivity index (χ1n) is 10.1. The van der Waals surface area contributed by atoms with Crippen LogP contribution in [0, 0.1) is 12.8 Å². The molecule has 6 nitrogen and oxygen atoms in total. The Labute approximate surface area is 182 Å². The lowest BCUT2D eigenvalue weighted by atomic mass is 10.0. The summed E-state index contributed by atoms with van der Waals surface area (Å²) in [7, 11) is -3.71. The average Bonchev–Trinajstić information content (AvgIpc) is 3.58. The van der Waals surface area contributed by atoms with Crippen molar-refractivity contribution in [2.24, 2.45) is 5.92 Å². The number of nitrogens with one attached hydrogen (secondary N) is 1. The highest BCUT2D eigenvalue weighted by Crippen LogP contribution is 2.41. The summed E-state index contributed by atoms with van der Waals surface area (Å²) in [4.78, 5) is 13.1. The van der Waals surface area contributed by atoms with Gasteiger partial charge in [0.1, 0.15) is 0 Å². The molecule has 2 aromatic carbocycles. The minimum atomic E-state index is -3.71. The van der Waals surface area contributed by atoms with E-state index in [1.165, 1.54) is 22.5 Å². The maximum atomic E-state index is 13.1. The Bertz CT molecular complexity index is 1030. The van der Waals surface area contributed by atoms with Crippen molar-refractivity contribution in [1.29, 1.82) is 0 Å². The van der Waals surface area contributed by atoms with Gasteiger partial charge < -0.3 is 10.1 Å². The van der Waals surface area contributed by atoms with E-state index in [1.807, 2.05) is 31.2 Å². The van der Waals surface area contributed by atoms with Crippen molar-refractivity contribution >= 4 is 27.5 Å². The predicted molar refractivity (Wildman–Crippen MR) is 115 cm³/mol. The van der Waals surface area contributed by atoms with Gasteiger partial charge in [0.05, 0.1) is 34.7 Å². The van der Waals surface area contributed by atoms with E-state index in [0.717, 1.165) is 24.0 Å². The van der Waals surface area contributed by atoms with Crippen molar-refractivity contribution < 1.29 is 17.9 Å². The topological polar surface area (TPSA) is 75.7 Å². The van der Waals surface area contributed by atoms with Gasteiger partial charge in [-0.25, -0.2) is 8.42 Å². The van der Waals surface area contributed by atoms with Crippen LogP contribution in [0.15, 0.2) is 47.4 Å². The molecule has 0 radical (unpaired) electrons. The number of hydrogen-bond acceptors (Lipinski definition) is 4. The third-order valence-corrected chi connectivity index (χ3v) is 7.83. The van der Waals surface area contributed by atoms with E-state index < -0.39 is 10.0 Å². The highest BCUT2D eigenvalue weighted by Gasteiger charge is 2.34. The number of carbonyl (C=O) groups is 1. The highest BCUT2D eigenvalue weighted by molar-refractivity contribution is 7.89. The Kier molecular flexibility index (Phi) is 6.16. The number of hydrogen-bond donors (Lipinski definition) is 1. The van der Waals surface area contributed by atoms with E-state index in [4.69, 9.17) is 16.3 Å². The molecule has 2 fully saturated rings. The lowest BCUT2D eigenvalue weighted by Gasteiger charge is -2.26. The third kappa shape index (κ3) is 4.54. The van der Waals surface area contributed by atoms with Crippen LogP contribution in [0.1, 0.15) is 40.4 Å². The molecule has 2 aromatic rings. The SMILES string of the molecule is Cc1ccc(C(NC(=O)c2cc(S(=O)(=O)N3CCOCC3)ccc2Cl)C2CC2)cc1. The van der Waals surface area contributed by atoms with E-state index in [9.17, 15) is 13.2 Å². The molecule has 1 N–H and O–H groups in total. The summed E-state index contributed by atoms with van der Waals surface area (Å²) < 4.78 is 32.5. The molecule has 1 aliphatic heterocycles. The monoisotopic (exact) mass is 448 g/mol. The molecule has 1 saturated carbocycles. The van der Waals surface area contributed by atoms with Gasteiger partial charge in [-0.3, -0.25) is 4.79 Å². The van der Waals surface area contributed by atoms with Crippen LogP contribution in [-0.4, -0.2) is 44.9 Å². The summed E-state index contributed by atoms with van der Waals surface area (Å²) in [5.41, 5.74) is 2.37. The van der Waals surface area contributed by atoms with Gasteiger partial charge in [0, 0.05) is 13.1 Å². The molecule has 160 valence electrons. The zero-order valence-corrected chi connectivity index (χ0v) is 18.4. The van der Waals surface area contributed by atoms with Crippen molar-refractivity contribution in [3.8, 4) is 0 Å². The number of halogens is 1. The van der Waals surface area contributed by atoms with E-state index in [2.05, 4.69) is 5.32 Å². The summed E-state index contributed by atoms with van der Waals surface area (Å²) in [6, 6.07) is 12.3. The fourth-order valence-electron chi connectivity index (χ4n) is 3.67. The van der Waals surface area contributed by atoms with Gasteiger partial charge in [0.25, 0.3) is 5.91 Å². The zero-order valence-electron chi connectivity index (χ0n) is 16.8. The molecule has 1 aliphatic carbocycles. The first kappa shape index (κ1) is 21.3. The summed E-state index contributed by atoms with van der Waals surface area (Å²) in [6.07, 6.45) is 2.11. The van der Waals surface area contributed by atoms with Crippen LogP contribution < -0.4 is 5.32 Å². The van der Waals surface area contributed by atoms with Crippen molar-refractivity contribution in [2.75, 3.05) is 26.3 Å². The molecule has 4 rings (SSSR count). The quantitative estimate of drug-likeness (QED) is 0.733. The number of ether oxygens (including phenoxy) is 1. The lowest BCUT2D eigenvalue weighted by Crippen LogP contribution is -2.40. The molecular weight excluding hydrogens is 424 g/mol. The van der Waals surface area contributed by atoms with Crippen LogP contribution in [0.2, 0.25) is 5.02 Å². The molecule has 0 spiro atoms. The van der Waals surface area contributed by atoms with Gasteiger partial charge in [0.2, 0.25) is 10.0 Å². The first-order valence-corrected chi connectivity index (χ1v) is 11.9. The number of benzene rings is 2. The van der Waals surface area contributed by atoms with Crippen LogP contribution in [0.3, 0.4) is 0 Å². The smallest absolute Gasteiger partial charge is 0.253 e. The summed E-state index contributed by atoms with van der Waals surface area (Å²) in [5, 5.41) is 3.31. The van der Waals surface area contributed by atoms with Gasteiger partial charge in [-0.05, 0) is 49.4 Å². The molecule has 8 heteroatoms. The molecule has 1 amide bonds. The Morgan fingerprint density at radius 1 is 1.13 bits per heavy atom. The number of carbonyl (C=O) groups excluding carboxylic acids is 1. The Hall–Kier alpha value is -1.93. The number of morpholine rings is 1. The third-order valence-electron chi connectivity index (χ3n) is 5.61. The van der Waals surface area contributed by atoms with E-state index in [1.54, 1.807) is 0 Å². The summed E-state index contributed by atoms with van der Waals surface area (Å²) >= 11 is 6.28. The van der Waals surface area contributed by atoms with Gasteiger partial charge >= 0.3 is 0 Å². The number of aryl methyl sites for hydroxylation is 1. The molecule has 1 heterocycles. The van der Waals surface area contributed by atoms with Gasteiger partial charge in [-0.15, -0.1) is 0 Å². The zero-order chi connectivity index (χ0) is 21.3. The summed E-state index contributed by atoms with van der Waals surface area (Å²) in [5.74, 6) is 0.0206.